The monoisotopic (exact) mass is 363 g/mol. The van der Waals surface area contributed by atoms with Crippen LogP contribution in [0.5, 0.6) is 0 Å². The van der Waals surface area contributed by atoms with Crippen LogP contribution in [0.3, 0.4) is 0 Å². The third-order valence-corrected chi connectivity index (χ3v) is 5.33. The molecule has 3 aromatic heterocycles. The van der Waals surface area contributed by atoms with Gasteiger partial charge in [0.25, 0.3) is 11.3 Å². The molecule has 5 rings (SSSR count). The van der Waals surface area contributed by atoms with E-state index in [1.807, 2.05) is 6.07 Å². The molecule has 27 heavy (non-hydrogen) atoms. The van der Waals surface area contributed by atoms with Gasteiger partial charge in [-0.2, -0.15) is 9.50 Å². The number of rotatable bonds is 2. The van der Waals surface area contributed by atoms with Crippen LogP contribution in [0.2, 0.25) is 0 Å². The average molecular weight is 363 g/mol. The summed E-state index contributed by atoms with van der Waals surface area (Å²) in [5.74, 6) is 1.36. The minimum absolute atomic E-state index is 0.219. The Labute approximate surface area is 154 Å². The van der Waals surface area contributed by atoms with Crippen LogP contribution in [0, 0.1) is 5.82 Å². The van der Waals surface area contributed by atoms with E-state index < -0.39 is 0 Å². The zero-order valence-corrected chi connectivity index (χ0v) is 14.7. The number of hydrogen-bond donors (Lipinski definition) is 0. The maximum atomic E-state index is 13.2. The molecule has 6 nitrogen and oxygen atoms in total. The molecule has 0 radical (unpaired) electrons. The van der Waals surface area contributed by atoms with Gasteiger partial charge in [-0.3, -0.25) is 9.36 Å². The molecule has 4 aromatic rings. The topological polar surface area (TPSA) is 65.1 Å². The Bertz CT molecular complexity index is 1190. The summed E-state index contributed by atoms with van der Waals surface area (Å²) >= 11 is 0. The Morgan fingerprint density at radius 1 is 1.04 bits per heavy atom. The van der Waals surface area contributed by atoms with Gasteiger partial charge in [-0.25, -0.2) is 9.37 Å². The standard InChI is InChI=1S/C20H18FN5O/c21-14-6-8-15(9-7-14)25-11-10-17-16(19(25)27)12-22-20-23-18(24-26(17)20)13-4-2-1-3-5-13/h6-13H,1-5H2. The molecule has 1 saturated carbocycles. The van der Waals surface area contributed by atoms with E-state index >= 15 is 0 Å². The Morgan fingerprint density at radius 3 is 2.59 bits per heavy atom. The molecule has 0 unspecified atom stereocenters. The van der Waals surface area contributed by atoms with Crippen molar-refractivity contribution in [2.75, 3.05) is 0 Å². The highest BCUT2D eigenvalue weighted by molar-refractivity contribution is 5.79. The molecule has 1 fully saturated rings. The fraction of sp³-hybridized carbons (Fsp3) is 0.300. The average Bonchev–Trinajstić information content (AvgIpc) is 3.15. The first kappa shape index (κ1) is 16.1. The van der Waals surface area contributed by atoms with Gasteiger partial charge in [0.2, 0.25) is 0 Å². The summed E-state index contributed by atoms with van der Waals surface area (Å²) < 4.78 is 16.3. The minimum atomic E-state index is -0.339. The lowest BCUT2D eigenvalue weighted by Crippen LogP contribution is -2.18. The highest BCUT2D eigenvalue weighted by atomic mass is 19.1. The normalized spacial score (nSPS) is 15.6. The van der Waals surface area contributed by atoms with Crippen LogP contribution in [0.15, 0.2) is 47.5 Å². The first-order chi connectivity index (χ1) is 13.2. The SMILES string of the molecule is O=c1c2cnc3nc(C4CCCCC4)nn3c2ccn1-c1ccc(F)cc1. The van der Waals surface area contributed by atoms with Crippen LogP contribution >= 0.6 is 0 Å². The summed E-state index contributed by atoms with van der Waals surface area (Å²) in [4.78, 5) is 21.9. The van der Waals surface area contributed by atoms with E-state index in [9.17, 15) is 9.18 Å². The second-order valence-corrected chi connectivity index (χ2v) is 7.04. The van der Waals surface area contributed by atoms with Crippen molar-refractivity contribution in [3.63, 3.8) is 0 Å². The van der Waals surface area contributed by atoms with Gasteiger partial charge >= 0.3 is 0 Å². The number of fused-ring (bicyclic) bond motifs is 3. The van der Waals surface area contributed by atoms with Crippen LogP contribution in [0.25, 0.3) is 22.4 Å². The second kappa shape index (κ2) is 6.26. The number of aromatic nitrogens is 5. The van der Waals surface area contributed by atoms with Gasteiger partial charge in [0.05, 0.1) is 10.9 Å². The van der Waals surface area contributed by atoms with Crippen molar-refractivity contribution < 1.29 is 4.39 Å². The lowest BCUT2D eigenvalue weighted by atomic mass is 9.89. The van der Waals surface area contributed by atoms with E-state index in [1.54, 1.807) is 29.0 Å². The van der Waals surface area contributed by atoms with Crippen molar-refractivity contribution in [2.24, 2.45) is 0 Å². The van der Waals surface area contributed by atoms with Crippen LogP contribution < -0.4 is 5.56 Å². The molecule has 0 amide bonds. The summed E-state index contributed by atoms with van der Waals surface area (Å²) in [6.45, 7) is 0. The van der Waals surface area contributed by atoms with Gasteiger partial charge in [-0.1, -0.05) is 19.3 Å². The Balaban J connectivity index is 1.65. The van der Waals surface area contributed by atoms with Crippen LogP contribution in [-0.4, -0.2) is 24.1 Å². The van der Waals surface area contributed by atoms with Crippen LogP contribution in [0.4, 0.5) is 4.39 Å². The predicted octanol–water partition coefficient (Wildman–Crippen LogP) is 3.62. The molecule has 0 saturated heterocycles. The zero-order valence-electron chi connectivity index (χ0n) is 14.7. The summed E-state index contributed by atoms with van der Waals surface area (Å²) in [5.41, 5.74) is 1.06. The molecule has 7 heteroatoms. The highest BCUT2D eigenvalue weighted by Gasteiger charge is 2.21. The lowest BCUT2D eigenvalue weighted by Gasteiger charge is -2.17. The first-order valence-electron chi connectivity index (χ1n) is 9.24. The number of nitrogens with zero attached hydrogens (tertiary/aromatic N) is 5. The Hall–Kier alpha value is -3.09. The Morgan fingerprint density at radius 2 is 1.81 bits per heavy atom. The molecule has 0 spiro atoms. The van der Waals surface area contributed by atoms with Crippen molar-refractivity contribution in [2.45, 2.75) is 38.0 Å². The van der Waals surface area contributed by atoms with Gasteiger partial charge in [-0.05, 0) is 43.2 Å². The van der Waals surface area contributed by atoms with Crippen molar-refractivity contribution in [3.05, 3.63) is 64.7 Å². The predicted molar refractivity (Wildman–Crippen MR) is 99.7 cm³/mol. The summed E-state index contributed by atoms with van der Waals surface area (Å²) in [5, 5.41) is 5.12. The van der Waals surface area contributed by atoms with E-state index in [0.29, 0.717) is 28.3 Å². The molecule has 3 heterocycles. The number of benzene rings is 1. The molecule has 1 aliphatic rings. The number of hydrogen-bond acceptors (Lipinski definition) is 4. The molecule has 0 atom stereocenters. The maximum absolute atomic E-state index is 13.2. The van der Waals surface area contributed by atoms with Crippen LogP contribution in [-0.2, 0) is 0 Å². The third-order valence-electron chi connectivity index (χ3n) is 5.33. The Kier molecular flexibility index (Phi) is 3.74. The summed E-state index contributed by atoms with van der Waals surface area (Å²) in [7, 11) is 0. The maximum Gasteiger partial charge on any atom is 0.266 e. The zero-order chi connectivity index (χ0) is 18.4. The molecule has 0 bridgehead atoms. The molecule has 1 aliphatic carbocycles. The fourth-order valence-corrected chi connectivity index (χ4v) is 3.87. The van der Waals surface area contributed by atoms with Crippen molar-refractivity contribution in [1.29, 1.82) is 0 Å². The quantitative estimate of drug-likeness (QED) is 0.546. The van der Waals surface area contributed by atoms with Crippen molar-refractivity contribution >= 4 is 16.7 Å². The third kappa shape index (κ3) is 2.70. The second-order valence-electron chi connectivity index (χ2n) is 7.04. The van der Waals surface area contributed by atoms with Gasteiger partial charge in [0.1, 0.15) is 5.82 Å². The van der Waals surface area contributed by atoms with Crippen molar-refractivity contribution in [1.82, 2.24) is 24.1 Å². The van der Waals surface area contributed by atoms with Gasteiger partial charge in [-0.15, -0.1) is 5.10 Å². The van der Waals surface area contributed by atoms with E-state index in [-0.39, 0.29) is 11.4 Å². The molecule has 0 aliphatic heterocycles. The number of pyridine rings is 1. The first-order valence-corrected chi connectivity index (χ1v) is 9.24. The molecule has 0 N–H and O–H groups in total. The number of halogens is 1. The van der Waals surface area contributed by atoms with Crippen LogP contribution in [0.1, 0.15) is 43.8 Å². The van der Waals surface area contributed by atoms with E-state index in [4.69, 9.17) is 0 Å². The van der Waals surface area contributed by atoms with Crippen molar-refractivity contribution in [3.8, 4) is 5.69 Å². The largest absolute Gasteiger partial charge is 0.284 e. The van der Waals surface area contributed by atoms with Gasteiger partial charge in [0.15, 0.2) is 5.82 Å². The lowest BCUT2D eigenvalue weighted by molar-refractivity contribution is 0.429. The smallest absolute Gasteiger partial charge is 0.266 e. The van der Waals surface area contributed by atoms with E-state index in [2.05, 4.69) is 15.1 Å². The highest BCUT2D eigenvalue weighted by Crippen LogP contribution is 2.31. The summed E-state index contributed by atoms with van der Waals surface area (Å²) in [6, 6.07) is 7.65. The fourth-order valence-electron chi connectivity index (χ4n) is 3.87. The summed E-state index contributed by atoms with van der Waals surface area (Å²) in [6.07, 6.45) is 9.12. The van der Waals surface area contributed by atoms with Gasteiger partial charge < -0.3 is 0 Å². The molecule has 136 valence electrons. The molecular formula is C20H18FN5O. The molecular weight excluding hydrogens is 345 g/mol. The molecule has 1 aromatic carbocycles. The minimum Gasteiger partial charge on any atom is -0.284 e. The van der Waals surface area contributed by atoms with Gasteiger partial charge in [0, 0.05) is 24.0 Å². The van der Waals surface area contributed by atoms with E-state index in [1.165, 1.54) is 36.0 Å². The van der Waals surface area contributed by atoms with E-state index in [0.717, 1.165) is 18.7 Å².